The number of nitrogens with one attached hydrogen (secondary N) is 1. The second kappa shape index (κ2) is 5.36. The average molecular weight is 209 g/mol. The summed E-state index contributed by atoms with van der Waals surface area (Å²) in [6.45, 7) is 2.51. The number of aromatic hydroxyl groups is 1. The number of rotatable bonds is 5. The van der Waals surface area contributed by atoms with Gasteiger partial charge in [0.05, 0.1) is 5.92 Å². The first-order chi connectivity index (χ1) is 7.11. The molecule has 0 amide bonds. The van der Waals surface area contributed by atoms with Gasteiger partial charge in [0.15, 0.2) is 0 Å². The predicted molar refractivity (Wildman–Crippen MR) is 56.6 cm³/mol. The highest BCUT2D eigenvalue weighted by Crippen LogP contribution is 2.14. The normalized spacial score (nSPS) is 12.3. The fraction of sp³-hybridized carbons (Fsp3) is 0.364. The van der Waals surface area contributed by atoms with E-state index in [4.69, 9.17) is 5.11 Å². The third-order valence-corrected chi connectivity index (χ3v) is 2.18. The van der Waals surface area contributed by atoms with Gasteiger partial charge in [0.2, 0.25) is 0 Å². The molecule has 3 N–H and O–H groups in total. The summed E-state index contributed by atoms with van der Waals surface area (Å²) in [6, 6.07) is 6.99. The molecule has 4 heteroatoms. The molecule has 0 aliphatic rings. The number of aliphatic carboxylic acids is 1. The van der Waals surface area contributed by atoms with E-state index in [1.54, 1.807) is 25.1 Å². The number of phenols is 1. The molecule has 0 radical (unpaired) electrons. The minimum Gasteiger partial charge on any atom is -0.508 e. The summed E-state index contributed by atoms with van der Waals surface area (Å²) in [5.74, 6) is -1.01. The molecule has 82 valence electrons. The Kier molecular flexibility index (Phi) is 4.12. The minimum atomic E-state index is -0.820. The third kappa shape index (κ3) is 3.59. The van der Waals surface area contributed by atoms with Crippen molar-refractivity contribution in [3.8, 4) is 5.75 Å². The van der Waals surface area contributed by atoms with Crippen LogP contribution in [-0.4, -0.2) is 22.7 Å². The molecular formula is C11H15NO3. The lowest BCUT2D eigenvalue weighted by Gasteiger charge is -2.09. The van der Waals surface area contributed by atoms with Crippen LogP contribution in [-0.2, 0) is 11.3 Å². The highest BCUT2D eigenvalue weighted by atomic mass is 16.4. The first kappa shape index (κ1) is 11.5. The maximum absolute atomic E-state index is 10.5. The largest absolute Gasteiger partial charge is 0.508 e. The van der Waals surface area contributed by atoms with E-state index in [0.717, 1.165) is 5.56 Å². The molecule has 0 bridgehead atoms. The maximum Gasteiger partial charge on any atom is 0.307 e. The zero-order valence-corrected chi connectivity index (χ0v) is 8.60. The lowest BCUT2D eigenvalue weighted by molar-refractivity contribution is -0.140. The smallest absolute Gasteiger partial charge is 0.307 e. The number of hydrogen-bond donors (Lipinski definition) is 3. The van der Waals surface area contributed by atoms with Gasteiger partial charge in [-0.1, -0.05) is 25.1 Å². The Bertz CT molecular complexity index is 338. The van der Waals surface area contributed by atoms with Gasteiger partial charge in [-0.2, -0.15) is 0 Å². The summed E-state index contributed by atoms with van der Waals surface area (Å²) in [6.07, 6.45) is 0. The van der Waals surface area contributed by atoms with Gasteiger partial charge in [-0.3, -0.25) is 4.79 Å². The summed E-state index contributed by atoms with van der Waals surface area (Å²) in [5.41, 5.74) is 0.773. The third-order valence-electron chi connectivity index (χ3n) is 2.18. The first-order valence-corrected chi connectivity index (χ1v) is 4.81. The highest BCUT2D eigenvalue weighted by Gasteiger charge is 2.09. The SMILES string of the molecule is CC(CNCc1ccccc1O)C(=O)O. The molecule has 1 aromatic rings. The second-order valence-corrected chi connectivity index (χ2v) is 3.50. The topological polar surface area (TPSA) is 69.6 Å². The molecule has 1 atom stereocenters. The zero-order chi connectivity index (χ0) is 11.3. The van der Waals surface area contributed by atoms with Crippen molar-refractivity contribution in [2.75, 3.05) is 6.54 Å². The lowest BCUT2D eigenvalue weighted by atomic mass is 10.1. The van der Waals surface area contributed by atoms with Crippen LogP contribution >= 0.6 is 0 Å². The summed E-state index contributed by atoms with van der Waals surface area (Å²) in [7, 11) is 0. The van der Waals surface area contributed by atoms with E-state index >= 15 is 0 Å². The van der Waals surface area contributed by atoms with E-state index in [2.05, 4.69) is 5.32 Å². The van der Waals surface area contributed by atoms with Crippen molar-refractivity contribution < 1.29 is 15.0 Å². The van der Waals surface area contributed by atoms with Crippen LogP contribution in [0.15, 0.2) is 24.3 Å². The molecule has 0 heterocycles. The van der Waals surface area contributed by atoms with E-state index in [-0.39, 0.29) is 5.75 Å². The van der Waals surface area contributed by atoms with Gasteiger partial charge in [0.25, 0.3) is 0 Å². The maximum atomic E-state index is 10.5. The molecular weight excluding hydrogens is 194 g/mol. The van der Waals surface area contributed by atoms with Crippen molar-refractivity contribution in [1.29, 1.82) is 0 Å². The summed E-state index contributed by atoms with van der Waals surface area (Å²) < 4.78 is 0. The lowest BCUT2D eigenvalue weighted by Crippen LogP contribution is -2.25. The predicted octanol–water partition coefficient (Wildman–Crippen LogP) is 1.20. The molecule has 1 rings (SSSR count). The minimum absolute atomic E-state index is 0.230. The van der Waals surface area contributed by atoms with Crippen LogP contribution in [0.25, 0.3) is 0 Å². The van der Waals surface area contributed by atoms with Gasteiger partial charge in [0.1, 0.15) is 5.75 Å². The van der Waals surface area contributed by atoms with Crippen molar-refractivity contribution in [1.82, 2.24) is 5.32 Å². The van der Waals surface area contributed by atoms with Gasteiger partial charge in [-0.25, -0.2) is 0 Å². The molecule has 0 fully saturated rings. The number of phenolic OH excluding ortho intramolecular Hbond substituents is 1. The van der Waals surface area contributed by atoms with Crippen molar-refractivity contribution in [2.45, 2.75) is 13.5 Å². The zero-order valence-electron chi connectivity index (χ0n) is 8.60. The Balaban J connectivity index is 2.38. The number of benzene rings is 1. The van der Waals surface area contributed by atoms with E-state index in [9.17, 15) is 9.90 Å². The molecule has 0 aromatic heterocycles. The van der Waals surface area contributed by atoms with Crippen LogP contribution in [0.1, 0.15) is 12.5 Å². The number of carbonyl (C=O) groups is 1. The summed E-state index contributed by atoms with van der Waals surface area (Å²) >= 11 is 0. The van der Waals surface area contributed by atoms with Gasteiger partial charge in [-0.15, -0.1) is 0 Å². The first-order valence-electron chi connectivity index (χ1n) is 4.81. The fourth-order valence-electron chi connectivity index (χ4n) is 1.17. The Hall–Kier alpha value is -1.55. The Morgan fingerprint density at radius 2 is 2.13 bits per heavy atom. The Labute approximate surface area is 88.6 Å². The number of para-hydroxylation sites is 1. The monoisotopic (exact) mass is 209 g/mol. The molecule has 0 aliphatic carbocycles. The van der Waals surface area contributed by atoms with Crippen LogP contribution in [0.2, 0.25) is 0 Å². The summed E-state index contributed by atoms with van der Waals surface area (Å²) in [4.78, 5) is 10.5. The molecule has 4 nitrogen and oxygen atoms in total. The van der Waals surface area contributed by atoms with Crippen molar-refractivity contribution in [3.05, 3.63) is 29.8 Å². The Morgan fingerprint density at radius 1 is 1.47 bits per heavy atom. The van der Waals surface area contributed by atoms with Gasteiger partial charge in [0, 0.05) is 18.7 Å². The average Bonchev–Trinajstić information content (AvgIpc) is 2.20. The summed E-state index contributed by atoms with van der Waals surface area (Å²) in [5, 5.41) is 21.1. The molecule has 0 aliphatic heterocycles. The van der Waals surface area contributed by atoms with Gasteiger partial charge >= 0.3 is 5.97 Å². The van der Waals surface area contributed by atoms with Crippen LogP contribution in [0.3, 0.4) is 0 Å². The van der Waals surface area contributed by atoms with Gasteiger partial charge < -0.3 is 15.5 Å². The fourth-order valence-corrected chi connectivity index (χ4v) is 1.17. The second-order valence-electron chi connectivity index (χ2n) is 3.50. The quantitative estimate of drug-likeness (QED) is 0.681. The number of carboxylic acids is 1. The van der Waals surface area contributed by atoms with E-state index in [1.807, 2.05) is 6.07 Å². The molecule has 1 unspecified atom stereocenters. The van der Waals surface area contributed by atoms with E-state index < -0.39 is 11.9 Å². The van der Waals surface area contributed by atoms with Crippen LogP contribution in [0.5, 0.6) is 5.75 Å². The standard InChI is InChI=1S/C11H15NO3/c1-8(11(14)15)6-12-7-9-4-2-3-5-10(9)13/h2-5,8,12-13H,6-7H2,1H3,(H,14,15). The highest BCUT2D eigenvalue weighted by molar-refractivity contribution is 5.69. The van der Waals surface area contributed by atoms with Crippen molar-refractivity contribution in [3.63, 3.8) is 0 Å². The number of carboxylic acid groups (broad SMARTS) is 1. The van der Waals surface area contributed by atoms with Crippen LogP contribution < -0.4 is 5.32 Å². The molecule has 15 heavy (non-hydrogen) atoms. The molecule has 1 aromatic carbocycles. The molecule has 0 saturated carbocycles. The van der Waals surface area contributed by atoms with Crippen molar-refractivity contribution >= 4 is 5.97 Å². The van der Waals surface area contributed by atoms with Gasteiger partial charge in [-0.05, 0) is 6.07 Å². The Morgan fingerprint density at radius 3 is 2.73 bits per heavy atom. The number of hydrogen-bond acceptors (Lipinski definition) is 3. The van der Waals surface area contributed by atoms with Crippen LogP contribution in [0.4, 0.5) is 0 Å². The van der Waals surface area contributed by atoms with Crippen molar-refractivity contribution in [2.24, 2.45) is 5.92 Å². The van der Waals surface area contributed by atoms with Crippen LogP contribution in [0, 0.1) is 5.92 Å². The van der Waals surface area contributed by atoms with E-state index in [1.165, 1.54) is 0 Å². The molecule has 0 spiro atoms. The van der Waals surface area contributed by atoms with E-state index in [0.29, 0.717) is 13.1 Å². The molecule has 0 saturated heterocycles.